The minimum Gasteiger partial charge on any atom is -0.355 e. The van der Waals surface area contributed by atoms with Crippen molar-refractivity contribution in [1.82, 2.24) is 4.90 Å². The van der Waals surface area contributed by atoms with E-state index in [1.807, 2.05) is 12.1 Å². The molecule has 0 spiro atoms. The van der Waals surface area contributed by atoms with Crippen molar-refractivity contribution in [2.45, 2.75) is 18.9 Å². The van der Waals surface area contributed by atoms with Crippen molar-refractivity contribution < 1.29 is 0 Å². The van der Waals surface area contributed by atoms with E-state index in [9.17, 15) is 0 Å². The van der Waals surface area contributed by atoms with E-state index >= 15 is 0 Å². The Morgan fingerprint density at radius 1 is 1.10 bits per heavy atom. The summed E-state index contributed by atoms with van der Waals surface area (Å²) < 4.78 is 0. The second-order valence-corrected chi connectivity index (χ2v) is 5.93. The van der Waals surface area contributed by atoms with E-state index in [0.717, 1.165) is 30.2 Å². The van der Waals surface area contributed by atoms with Crippen molar-refractivity contribution >= 4 is 23.1 Å². The van der Waals surface area contributed by atoms with Gasteiger partial charge in [-0.05, 0) is 23.3 Å². The Balaban J connectivity index is 1.65. The van der Waals surface area contributed by atoms with Gasteiger partial charge in [0.2, 0.25) is 0 Å². The number of amidine groups is 1. The first kappa shape index (κ1) is 12.0. The number of aliphatic imine (C=N–C) groups is 1. The van der Waals surface area contributed by atoms with Crippen LogP contribution in [0.15, 0.2) is 53.5 Å². The van der Waals surface area contributed by atoms with Gasteiger partial charge in [-0.25, -0.2) is 4.99 Å². The molecule has 2 heterocycles. The van der Waals surface area contributed by atoms with Crippen LogP contribution in [0, 0.1) is 0 Å². The normalized spacial score (nSPS) is 20.4. The SMILES string of the molecule is Clc1ccc2c(c1)N=C1CC(c3ccccc3)CN1C2. The minimum atomic E-state index is 0.555. The monoisotopic (exact) mass is 282 g/mol. The van der Waals surface area contributed by atoms with Crippen molar-refractivity contribution in [2.75, 3.05) is 6.54 Å². The zero-order valence-electron chi connectivity index (χ0n) is 11.1. The lowest BCUT2D eigenvalue weighted by Crippen LogP contribution is -2.27. The molecular weight excluding hydrogens is 268 g/mol. The molecule has 100 valence electrons. The minimum absolute atomic E-state index is 0.555. The largest absolute Gasteiger partial charge is 0.355 e. The zero-order chi connectivity index (χ0) is 13.5. The summed E-state index contributed by atoms with van der Waals surface area (Å²) in [7, 11) is 0. The number of hydrogen-bond acceptors (Lipinski definition) is 2. The number of halogens is 1. The van der Waals surface area contributed by atoms with E-state index in [4.69, 9.17) is 16.6 Å². The van der Waals surface area contributed by atoms with Crippen molar-refractivity contribution in [2.24, 2.45) is 4.99 Å². The van der Waals surface area contributed by atoms with Gasteiger partial charge in [0.25, 0.3) is 0 Å². The highest BCUT2D eigenvalue weighted by atomic mass is 35.5. The average molecular weight is 283 g/mol. The van der Waals surface area contributed by atoms with Crippen LogP contribution in [-0.4, -0.2) is 17.3 Å². The molecule has 2 aromatic rings. The van der Waals surface area contributed by atoms with Gasteiger partial charge < -0.3 is 4.90 Å². The summed E-state index contributed by atoms with van der Waals surface area (Å²) in [4.78, 5) is 7.20. The number of benzene rings is 2. The lowest BCUT2D eigenvalue weighted by Gasteiger charge is -2.24. The molecule has 4 rings (SSSR count). The molecule has 1 unspecified atom stereocenters. The van der Waals surface area contributed by atoms with Gasteiger partial charge in [-0.15, -0.1) is 0 Å². The summed E-state index contributed by atoms with van der Waals surface area (Å²) in [6, 6.07) is 16.7. The van der Waals surface area contributed by atoms with Gasteiger partial charge in [-0.2, -0.15) is 0 Å². The Kier molecular flexibility index (Phi) is 2.78. The first-order valence-electron chi connectivity index (χ1n) is 6.95. The highest BCUT2D eigenvalue weighted by Gasteiger charge is 2.31. The van der Waals surface area contributed by atoms with Crippen LogP contribution in [0.3, 0.4) is 0 Å². The standard InChI is InChI=1S/C17H15ClN2/c18-15-7-6-13-10-20-11-14(12-4-2-1-3-5-12)8-17(20)19-16(13)9-15/h1-7,9,14H,8,10-11H2. The van der Waals surface area contributed by atoms with Crippen molar-refractivity contribution in [3.8, 4) is 0 Å². The van der Waals surface area contributed by atoms with Gasteiger partial charge in [0.1, 0.15) is 5.84 Å². The summed E-state index contributed by atoms with van der Waals surface area (Å²) in [6.07, 6.45) is 1.02. The predicted octanol–water partition coefficient (Wildman–Crippen LogP) is 4.37. The molecule has 0 saturated carbocycles. The van der Waals surface area contributed by atoms with E-state index in [1.54, 1.807) is 0 Å². The van der Waals surface area contributed by atoms with Gasteiger partial charge in [0.05, 0.1) is 5.69 Å². The third-order valence-electron chi connectivity index (χ3n) is 4.16. The van der Waals surface area contributed by atoms with Crippen LogP contribution in [-0.2, 0) is 6.54 Å². The molecule has 2 aliphatic heterocycles. The number of hydrogen-bond donors (Lipinski definition) is 0. The molecule has 20 heavy (non-hydrogen) atoms. The van der Waals surface area contributed by atoms with Crippen LogP contribution >= 0.6 is 11.6 Å². The molecule has 2 nitrogen and oxygen atoms in total. The van der Waals surface area contributed by atoms with Crippen LogP contribution < -0.4 is 0 Å². The quantitative estimate of drug-likeness (QED) is 0.758. The molecule has 3 heteroatoms. The third kappa shape index (κ3) is 2.01. The second-order valence-electron chi connectivity index (χ2n) is 5.49. The van der Waals surface area contributed by atoms with Crippen molar-refractivity contribution in [1.29, 1.82) is 0 Å². The lowest BCUT2D eigenvalue weighted by molar-refractivity contribution is 0.426. The summed E-state index contributed by atoms with van der Waals surface area (Å²) in [5.41, 5.74) is 3.72. The molecule has 0 N–H and O–H groups in total. The fourth-order valence-electron chi connectivity index (χ4n) is 3.13. The van der Waals surface area contributed by atoms with Gasteiger partial charge in [0, 0.05) is 30.5 Å². The van der Waals surface area contributed by atoms with Gasteiger partial charge >= 0.3 is 0 Å². The first-order chi connectivity index (χ1) is 9.79. The molecule has 0 bridgehead atoms. The summed E-state index contributed by atoms with van der Waals surface area (Å²) in [6.45, 7) is 2.01. The highest BCUT2D eigenvalue weighted by Crippen LogP contribution is 2.36. The molecule has 0 aliphatic carbocycles. The second kappa shape index (κ2) is 4.64. The fraction of sp³-hybridized carbons (Fsp3) is 0.235. The number of fused-ring (bicyclic) bond motifs is 2. The van der Waals surface area contributed by atoms with Crippen LogP contribution in [0.5, 0.6) is 0 Å². The van der Waals surface area contributed by atoms with E-state index in [0.29, 0.717) is 5.92 Å². The Morgan fingerprint density at radius 2 is 1.95 bits per heavy atom. The number of nitrogens with zero attached hydrogens (tertiary/aromatic N) is 2. The Labute approximate surface area is 123 Å². The fourth-order valence-corrected chi connectivity index (χ4v) is 3.29. The van der Waals surface area contributed by atoms with Crippen LogP contribution in [0.2, 0.25) is 5.02 Å². The van der Waals surface area contributed by atoms with E-state index in [-0.39, 0.29) is 0 Å². The molecule has 0 radical (unpaired) electrons. The molecule has 2 aromatic carbocycles. The van der Waals surface area contributed by atoms with Crippen molar-refractivity contribution in [3.63, 3.8) is 0 Å². The first-order valence-corrected chi connectivity index (χ1v) is 7.33. The Bertz CT molecular complexity index is 679. The van der Waals surface area contributed by atoms with Gasteiger partial charge in [-0.3, -0.25) is 0 Å². The van der Waals surface area contributed by atoms with Gasteiger partial charge in [0.15, 0.2) is 0 Å². The molecule has 1 atom stereocenters. The van der Waals surface area contributed by atoms with Gasteiger partial charge in [-0.1, -0.05) is 48.0 Å². The summed E-state index contributed by atoms with van der Waals surface area (Å²) >= 11 is 6.06. The summed E-state index contributed by atoms with van der Waals surface area (Å²) in [5.74, 6) is 1.76. The van der Waals surface area contributed by atoms with Crippen LogP contribution in [0.1, 0.15) is 23.5 Å². The molecular formula is C17H15ClN2. The molecule has 1 saturated heterocycles. The average Bonchev–Trinajstić information content (AvgIpc) is 2.88. The third-order valence-corrected chi connectivity index (χ3v) is 4.40. The topological polar surface area (TPSA) is 15.6 Å². The number of rotatable bonds is 1. The molecule has 0 aromatic heterocycles. The summed E-state index contributed by atoms with van der Waals surface area (Å²) in [5, 5.41) is 0.763. The van der Waals surface area contributed by atoms with E-state index < -0.39 is 0 Å². The van der Waals surface area contributed by atoms with Crippen LogP contribution in [0.4, 0.5) is 5.69 Å². The Morgan fingerprint density at radius 3 is 2.80 bits per heavy atom. The molecule has 0 amide bonds. The smallest absolute Gasteiger partial charge is 0.106 e. The molecule has 2 aliphatic rings. The Hall–Kier alpha value is -1.80. The van der Waals surface area contributed by atoms with Crippen LogP contribution in [0.25, 0.3) is 0 Å². The predicted molar refractivity (Wildman–Crippen MR) is 82.8 cm³/mol. The maximum Gasteiger partial charge on any atom is 0.106 e. The van der Waals surface area contributed by atoms with E-state index in [2.05, 4.69) is 41.3 Å². The maximum absolute atomic E-state index is 6.06. The molecule has 1 fully saturated rings. The maximum atomic E-state index is 6.06. The van der Waals surface area contributed by atoms with E-state index in [1.165, 1.54) is 17.0 Å². The van der Waals surface area contributed by atoms with Crippen molar-refractivity contribution in [3.05, 3.63) is 64.7 Å². The highest BCUT2D eigenvalue weighted by molar-refractivity contribution is 6.30. The zero-order valence-corrected chi connectivity index (χ0v) is 11.8. The lowest BCUT2D eigenvalue weighted by atomic mass is 9.98.